The van der Waals surface area contributed by atoms with Crippen molar-refractivity contribution in [2.45, 2.75) is 77.9 Å². The quantitative estimate of drug-likeness (QED) is 0.828. The zero-order chi connectivity index (χ0) is 13.2. The van der Waals surface area contributed by atoms with Gasteiger partial charge >= 0.3 is 0 Å². The third-order valence-corrected chi connectivity index (χ3v) is 5.30. The van der Waals surface area contributed by atoms with Crippen LogP contribution in [0.15, 0.2) is 0 Å². The van der Waals surface area contributed by atoms with Crippen molar-refractivity contribution in [3.05, 3.63) is 0 Å². The molecule has 0 radical (unpaired) electrons. The van der Waals surface area contributed by atoms with E-state index in [2.05, 4.69) is 20.8 Å². The molecule has 1 aliphatic heterocycles. The van der Waals surface area contributed by atoms with E-state index in [0.717, 1.165) is 12.5 Å². The lowest BCUT2D eigenvalue weighted by molar-refractivity contribution is 0.0615. The van der Waals surface area contributed by atoms with Crippen molar-refractivity contribution >= 4 is 0 Å². The van der Waals surface area contributed by atoms with Crippen LogP contribution >= 0.6 is 0 Å². The summed E-state index contributed by atoms with van der Waals surface area (Å²) in [5.41, 5.74) is 6.79. The fraction of sp³-hybridized carbons (Fsp3) is 1.00. The third kappa shape index (κ3) is 3.48. The minimum Gasteiger partial charge on any atom is -0.378 e. The molecule has 1 heterocycles. The summed E-state index contributed by atoms with van der Waals surface area (Å²) in [5.74, 6) is 1.53. The monoisotopic (exact) mass is 253 g/mol. The van der Waals surface area contributed by atoms with Crippen molar-refractivity contribution in [2.24, 2.45) is 23.0 Å². The highest BCUT2D eigenvalue weighted by Crippen LogP contribution is 2.42. The van der Waals surface area contributed by atoms with Gasteiger partial charge in [-0.05, 0) is 55.8 Å². The third-order valence-electron chi connectivity index (χ3n) is 5.30. The first kappa shape index (κ1) is 14.3. The maximum absolute atomic E-state index is 6.41. The summed E-state index contributed by atoms with van der Waals surface area (Å²) in [6.07, 6.45) is 9.45. The number of hydrogen-bond acceptors (Lipinski definition) is 2. The van der Waals surface area contributed by atoms with Crippen LogP contribution in [0, 0.1) is 17.3 Å². The summed E-state index contributed by atoms with van der Waals surface area (Å²) in [6, 6.07) is 0.410. The SMILES string of the molecule is CC1CCC(C(C)(C)CCC2CCCO2)C(N)C1. The molecule has 4 atom stereocenters. The second-order valence-corrected chi connectivity index (χ2v) is 7.35. The zero-order valence-corrected chi connectivity index (χ0v) is 12.5. The molecule has 1 aliphatic carbocycles. The van der Waals surface area contributed by atoms with E-state index < -0.39 is 0 Å². The molecule has 1 saturated carbocycles. The standard InChI is InChI=1S/C16H31NO/c1-12-6-7-14(15(17)11-12)16(2,3)9-8-13-5-4-10-18-13/h12-15H,4-11,17H2,1-3H3. The smallest absolute Gasteiger partial charge is 0.0576 e. The second-order valence-electron chi connectivity index (χ2n) is 7.35. The fourth-order valence-corrected chi connectivity index (χ4v) is 3.99. The maximum Gasteiger partial charge on any atom is 0.0576 e. The molecule has 2 nitrogen and oxygen atoms in total. The van der Waals surface area contributed by atoms with Crippen LogP contribution in [0.25, 0.3) is 0 Å². The van der Waals surface area contributed by atoms with Crippen LogP contribution in [0.4, 0.5) is 0 Å². The van der Waals surface area contributed by atoms with E-state index in [1.807, 2.05) is 0 Å². The van der Waals surface area contributed by atoms with E-state index in [1.165, 1.54) is 44.9 Å². The molecule has 0 bridgehead atoms. The Morgan fingerprint density at radius 1 is 1.22 bits per heavy atom. The summed E-state index contributed by atoms with van der Waals surface area (Å²) in [6.45, 7) is 8.16. The van der Waals surface area contributed by atoms with Crippen molar-refractivity contribution < 1.29 is 4.74 Å². The normalized spacial score (nSPS) is 38.0. The van der Waals surface area contributed by atoms with Gasteiger partial charge in [-0.15, -0.1) is 0 Å². The number of ether oxygens (including phenoxy) is 1. The van der Waals surface area contributed by atoms with Crippen LogP contribution < -0.4 is 5.73 Å². The molecule has 1 saturated heterocycles. The Balaban J connectivity index is 1.84. The highest BCUT2D eigenvalue weighted by molar-refractivity contribution is 4.90. The Bertz CT molecular complexity index is 258. The molecule has 0 amide bonds. The van der Waals surface area contributed by atoms with E-state index in [4.69, 9.17) is 10.5 Å². The Hall–Kier alpha value is -0.0800. The van der Waals surface area contributed by atoms with Gasteiger partial charge in [0.15, 0.2) is 0 Å². The van der Waals surface area contributed by atoms with Gasteiger partial charge in [-0.25, -0.2) is 0 Å². The summed E-state index contributed by atoms with van der Waals surface area (Å²) in [4.78, 5) is 0. The van der Waals surface area contributed by atoms with E-state index in [9.17, 15) is 0 Å². The minimum atomic E-state index is 0.380. The van der Waals surface area contributed by atoms with E-state index >= 15 is 0 Å². The summed E-state index contributed by atoms with van der Waals surface area (Å²) >= 11 is 0. The van der Waals surface area contributed by atoms with Crippen molar-refractivity contribution in [2.75, 3.05) is 6.61 Å². The van der Waals surface area contributed by atoms with Gasteiger partial charge in [-0.3, -0.25) is 0 Å². The largest absolute Gasteiger partial charge is 0.378 e. The molecule has 2 fully saturated rings. The molecule has 18 heavy (non-hydrogen) atoms. The summed E-state index contributed by atoms with van der Waals surface area (Å²) in [7, 11) is 0. The first-order valence-corrected chi connectivity index (χ1v) is 7.86. The predicted octanol–water partition coefficient (Wildman–Crippen LogP) is 3.74. The van der Waals surface area contributed by atoms with Gasteiger partial charge < -0.3 is 10.5 Å². The Labute approximate surface area is 113 Å². The van der Waals surface area contributed by atoms with Crippen LogP contribution in [0.1, 0.15) is 65.7 Å². The first-order valence-electron chi connectivity index (χ1n) is 7.86. The van der Waals surface area contributed by atoms with Gasteiger partial charge in [0.2, 0.25) is 0 Å². The van der Waals surface area contributed by atoms with Crippen molar-refractivity contribution in [1.29, 1.82) is 0 Å². The molecule has 2 aliphatic rings. The molecule has 0 spiro atoms. The lowest BCUT2D eigenvalue weighted by Crippen LogP contribution is -2.44. The Kier molecular flexibility index (Phi) is 4.71. The topological polar surface area (TPSA) is 35.2 Å². The van der Waals surface area contributed by atoms with E-state index in [1.54, 1.807) is 0 Å². The summed E-state index contributed by atoms with van der Waals surface area (Å²) in [5, 5.41) is 0. The van der Waals surface area contributed by atoms with Crippen molar-refractivity contribution in [3.63, 3.8) is 0 Å². The summed E-state index contributed by atoms with van der Waals surface area (Å²) < 4.78 is 5.75. The van der Waals surface area contributed by atoms with Crippen LogP contribution in [0.3, 0.4) is 0 Å². The zero-order valence-electron chi connectivity index (χ0n) is 12.5. The molecule has 4 unspecified atom stereocenters. The van der Waals surface area contributed by atoms with Crippen molar-refractivity contribution in [3.8, 4) is 0 Å². The van der Waals surface area contributed by atoms with Crippen LogP contribution in [-0.4, -0.2) is 18.8 Å². The average molecular weight is 253 g/mol. The molecule has 0 aromatic rings. The number of hydrogen-bond donors (Lipinski definition) is 1. The molecule has 2 heteroatoms. The van der Waals surface area contributed by atoms with Gasteiger partial charge in [0.1, 0.15) is 0 Å². The fourth-order valence-electron chi connectivity index (χ4n) is 3.99. The van der Waals surface area contributed by atoms with Crippen LogP contribution in [0.2, 0.25) is 0 Å². The molecular weight excluding hydrogens is 222 g/mol. The molecular formula is C16H31NO. The molecule has 0 aromatic carbocycles. The minimum absolute atomic E-state index is 0.380. The number of nitrogens with two attached hydrogens (primary N) is 1. The van der Waals surface area contributed by atoms with Gasteiger partial charge in [0.25, 0.3) is 0 Å². The van der Waals surface area contributed by atoms with Gasteiger partial charge in [-0.1, -0.05) is 27.2 Å². The molecule has 0 aromatic heterocycles. The van der Waals surface area contributed by atoms with Crippen molar-refractivity contribution in [1.82, 2.24) is 0 Å². The average Bonchev–Trinajstić information content (AvgIpc) is 2.78. The molecule has 106 valence electrons. The maximum atomic E-state index is 6.41. The molecule has 2 rings (SSSR count). The van der Waals surface area contributed by atoms with Gasteiger partial charge in [0.05, 0.1) is 6.10 Å². The van der Waals surface area contributed by atoms with Crippen LogP contribution in [0.5, 0.6) is 0 Å². The van der Waals surface area contributed by atoms with E-state index in [-0.39, 0.29) is 0 Å². The van der Waals surface area contributed by atoms with E-state index in [0.29, 0.717) is 23.5 Å². The lowest BCUT2D eigenvalue weighted by atomic mass is 9.65. The van der Waals surface area contributed by atoms with Gasteiger partial charge in [0, 0.05) is 12.6 Å². The highest BCUT2D eigenvalue weighted by Gasteiger charge is 2.37. The Morgan fingerprint density at radius 3 is 2.61 bits per heavy atom. The first-order chi connectivity index (χ1) is 8.49. The highest BCUT2D eigenvalue weighted by atomic mass is 16.5. The molecule has 2 N–H and O–H groups in total. The van der Waals surface area contributed by atoms with Gasteiger partial charge in [-0.2, -0.15) is 0 Å². The Morgan fingerprint density at radius 2 is 2.00 bits per heavy atom. The second kappa shape index (κ2) is 5.92. The lowest BCUT2D eigenvalue weighted by Gasteiger charge is -2.43. The number of rotatable bonds is 4. The predicted molar refractivity (Wildman–Crippen MR) is 76.5 cm³/mol. The van der Waals surface area contributed by atoms with Crippen LogP contribution in [-0.2, 0) is 4.74 Å².